The molecule has 0 spiro atoms. The molecule has 144 valence electrons. The fraction of sp³-hybridized carbons (Fsp3) is 0.143. The van der Waals surface area contributed by atoms with Gasteiger partial charge in [0.2, 0.25) is 5.91 Å². The van der Waals surface area contributed by atoms with Gasteiger partial charge in [0.05, 0.1) is 11.8 Å². The van der Waals surface area contributed by atoms with Crippen molar-refractivity contribution in [1.29, 1.82) is 0 Å². The summed E-state index contributed by atoms with van der Waals surface area (Å²) in [5.74, 6) is 0.636. The molecule has 1 unspecified atom stereocenters. The molecule has 2 atom stereocenters. The first-order valence-electron chi connectivity index (χ1n) is 8.68. The van der Waals surface area contributed by atoms with Crippen molar-refractivity contribution < 1.29 is 19.0 Å². The van der Waals surface area contributed by atoms with Crippen LogP contribution in [0.15, 0.2) is 66.7 Å². The lowest BCUT2D eigenvalue weighted by atomic mass is 10.1. The van der Waals surface area contributed by atoms with Gasteiger partial charge in [0, 0.05) is 5.56 Å². The molecule has 28 heavy (non-hydrogen) atoms. The molecule has 7 heteroatoms. The molecule has 3 aromatic rings. The predicted octanol–water partition coefficient (Wildman–Crippen LogP) is 3.33. The zero-order valence-electron chi connectivity index (χ0n) is 15.2. The first-order valence-corrected chi connectivity index (χ1v) is 8.68. The molecule has 0 aliphatic rings. The third kappa shape index (κ3) is 4.91. The zero-order valence-corrected chi connectivity index (χ0v) is 15.2. The van der Waals surface area contributed by atoms with Gasteiger partial charge in [0.1, 0.15) is 29.2 Å². The number of nitrogens with zero attached hydrogens (tertiary/aromatic N) is 1. The van der Waals surface area contributed by atoms with Crippen molar-refractivity contribution in [1.82, 2.24) is 4.98 Å². The highest BCUT2D eigenvalue weighted by atomic mass is 19.1. The molecule has 0 aliphatic heterocycles. The largest absolute Gasteiger partial charge is 0.457 e. The van der Waals surface area contributed by atoms with Gasteiger partial charge in [-0.3, -0.25) is 4.79 Å². The molecular weight excluding hydrogens is 361 g/mol. The van der Waals surface area contributed by atoms with Crippen LogP contribution in [0.3, 0.4) is 0 Å². The molecule has 1 amide bonds. The molecule has 2 aromatic carbocycles. The van der Waals surface area contributed by atoms with Gasteiger partial charge >= 0.3 is 0 Å². The second-order valence-corrected chi connectivity index (χ2v) is 6.24. The van der Waals surface area contributed by atoms with Gasteiger partial charge in [-0.05, 0) is 67.6 Å². The number of aromatic nitrogens is 1. The number of ether oxygens (including phenoxy) is 1. The van der Waals surface area contributed by atoms with Crippen LogP contribution in [0.4, 0.5) is 10.2 Å². The molecule has 1 aromatic heterocycles. The minimum absolute atomic E-state index is 0.324. The zero-order chi connectivity index (χ0) is 20.1. The van der Waals surface area contributed by atoms with Crippen molar-refractivity contribution >= 4 is 11.7 Å². The second-order valence-electron chi connectivity index (χ2n) is 6.24. The van der Waals surface area contributed by atoms with Crippen molar-refractivity contribution in [2.75, 3.05) is 5.32 Å². The van der Waals surface area contributed by atoms with Gasteiger partial charge in [0.15, 0.2) is 0 Å². The summed E-state index contributed by atoms with van der Waals surface area (Å²) >= 11 is 0. The smallest absolute Gasteiger partial charge is 0.245 e. The van der Waals surface area contributed by atoms with Crippen molar-refractivity contribution in [3.8, 4) is 22.8 Å². The minimum Gasteiger partial charge on any atom is -0.457 e. The Hall–Kier alpha value is -3.29. The van der Waals surface area contributed by atoms with E-state index < -0.39 is 18.1 Å². The number of nitrogens with one attached hydrogen (secondary N) is 1. The van der Waals surface area contributed by atoms with Gasteiger partial charge in [-0.25, -0.2) is 9.37 Å². The fourth-order valence-corrected chi connectivity index (χ4v) is 2.43. The number of aliphatic hydroxyl groups is 1. The fourth-order valence-electron chi connectivity index (χ4n) is 2.43. The first-order chi connectivity index (χ1) is 13.4. The van der Waals surface area contributed by atoms with Crippen LogP contribution in [0.5, 0.6) is 11.5 Å². The van der Waals surface area contributed by atoms with Gasteiger partial charge in [-0.15, -0.1) is 0 Å². The highest BCUT2D eigenvalue weighted by Crippen LogP contribution is 2.25. The number of carbonyl (C=O) groups is 1. The lowest BCUT2D eigenvalue weighted by Gasteiger charge is -2.14. The Morgan fingerprint density at radius 1 is 1.07 bits per heavy atom. The van der Waals surface area contributed by atoms with Gasteiger partial charge < -0.3 is 20.9 Å². The predicted molar refractivity (Wildman–Crippen MR) is 104 cm³/mol. The van der Waals surface area contributed by atoms with Crippen LogP contribution in [0, 0.1) is 5.82 Å². The number of halogens is 1. The summed E-state index contributed by atoms with van der Waals surface area (Å²) in [6, 6.07) is 17.1. The van der Waals surface area contributed by atoms with Crippen molar-refractivity contribution in [2.45, 2.75) is 19.1 Å². The molecule has 3 rings (SSSR count). The van der Waals surface area contributed by atoms with Crippen LogP contribution in [0.25, 0.3) is 11.3 Å². The van der Waals surface area contributed by atoms with E-state index in [1.807, 2.05) is 12.1 Å². The number of benzene rings is 2. The standard InChI is InChI=1S/C21H20FN3O3/c1-13(26)20(23)21(27)25-19-4-2-3-18(24-19)14-5-9-16(10-6-14)28-17-11-7-15(22)8-12-17/h2-13,20,26H,23H2,1H3,(H,24,25,27)/t13?,20-/m0/s1. The summed E-state index contributed by atoms with van der Waals surface area (Å²) in [6.07, 6.45) is -0.961. The first kappa shape index (κ1) is 19.5. The molecule has 6 nitrogen and oxygen atoms in total. The minimum atomic E-state index is -1.03. The third-order valence-corrected chi connectivity index (χ3v) is 4.02. The van der Waals surface area contributed by atoms with Crippen LogP contribution in [-0.4, -0.2) is 28.1 Å². The summed E-state index contributed by atoms with van der Waals surface area (Å²) in [4.78, 5) is 16.4. The molecule has 0 bridgehead atoms. The van der Waals surface area contributed by atoms with Crippen LogP contribution in [0.2, 0.25) is 0 Å². The summed E-state index contributed by atoms with van der Waals surface area (Å²) in [5.41, 5.74) is 7.09. The number of carbonyl (C=O) groups excluding carboxylic acids is 1. The van der Waals surface area contributed by atoms with E-state index in [0.717, 1.165) is 5.56 Å². The number of nitrogens with two attached hydrogens (primary N) is 1. The average Bonchev–Trinajstić information content (AvgIpc) is 2.70. The summed E-state index contributed by atoms with van der Waals surface area (Å²) in [6.45, 7) is 1.45. The number of anilines is 1. The maximum atomic E-state index is 13.0. The number of rotatable bonds is 6. The monoisotopic (exact) mass is 381 g/mol. The maximum absolute atomic E-state index is 13.0. The highest BCUT2D eigenvalue weighted by molar-refractivity contribution is 5.94. The molecule has 4 N–H and O–H groups in total. The van der Waals surface area contributed by atoms with E-state index in [-0.39, 0.29) is 5.82 Å². The van der Waals surface area contributed by atoms with Crippen molar-refractivity contribution in [3.63, 3.8) is 0 Å². The van der Waals surface area contributed by atoms with Crippen molar-refractivity contribution in [2.24, 2.45) is 5.73 Å². The van der Waals surface area contributed by atoms with Crippen LogP contribution < -0.4 is 15.8 Å². The Bertz CT molecular complexity index is 944. The highest BCUT2D eigenvalue weighted by Gasteiger charge is 2.19. The molecule has 0 saturated heterocycles. The number of amides is 1. The second kappa shape index (κ2) is 8.60. The lowest BCUT2D eigenvalue weighted by Crippen LogP contribution is -2.43. The van der Waals surface area contributed by atoms with Crippen molar-refractivity contribution in [3.05, 3.63) is 72.5 Å². The quantitative estimate of drug-likeness (QED) is 0.608. The molecule has 1 heterocycles. The Morgan fingerprint density at radius 2 is 1.68 bits per heavy atom. The van der Waals surface area contributed by atoms with E-state index in [4.69, 9.17) is 10.5 Å². The topological polar surface area (TPSA) is 97.5 Å². The molecule has 0 fully saturated rings. The molecule has 0 radical (unpaired) electrons. The molecule has 0 aliphatic carbocycles. The molecule has 0 saturated carbocycles. The van der Waals surface area contributed by atoms with Crippen LogP contribution >= 0.6 is 0 Å². The SMILES string of the molecule is CC(O)[C@H](N)C(=O)Nc1cccc(-c2ccc(Oc3ccc(F)cc3)cc2)n1. The van der Waals surface area contributed by atoms with E-state index in [0.29, 0.717) is 23.0 Å². The number of pyridine rings is 1. The van der Waals surface area contributed by atoms with Crippen LogP contribution in [-0.2, 0) is 4.79 Å². The van der Waals surface area contributed by atoms with Crippen LogP contribution in [0.1, 0.15) is 6.92 Å². The van der Waals surface area contributed by atoms with Gasteiger partial charge in [-0.1, -0.05) is 6.07 Å². The third-order valence-electron chi connectivity index (χ3n) is 4.02. The van der Waals surface area contributed by atoms with Gasteiger partial charge in [-0.2, -0.15) is 0 Å². The summed E-state index contributed by atoms with van der Waals surface area (Å²) in [7, 11) is 0. The summed E-state index contributed by atoms with van der Waals surface area (Å²) in [5, 5.41) is 12.0. The summed E-state index contributed by atoms with van der Waals surface area (Å²) < 4.78 is 18.6. The average molecular weight is 381 g/mol. The van der Waals surface area contributed by atoms with E-state index >= 15 is 0 Å². The number of aliphatic hydroxyl groups excluding tert-OH is 1. The Kier molecular flexibility index (Phi) is 5.98. The maximum Gasteiger partial charge on any atom is 0.245 e. The van der Waals surface area contributed by atoms with E-state index in [1.165, 1.54) is 19.1 Å². The van der Waals surface area contributed by atoms with E-state index in [9.17, 15) is 14.3 Å². The van der Waals surface area contributed by atoms with E-state index in [1.54, 1.807) is 42.5 Å². The molecular formula is C21H20FN3O3. The lowest BCUT2D eigenvalue weighted by molar-refractivity contribution is -0.119. The number of hydrogen-bond donors (Lipinski definition) is 3. The number of hydrogen-bond acceptors (Lipinski definition) is 5. The normalized spacial score (nSPS) is 12.9. The Labute approximate surface area is 161 Å². The Balaban J connectivity index is 1.71. The van der Waals surface area contributed by atoms with E-state index in [2.05, 4.69) is 10.3 Å². The van der Waals surface area contributed by atoms with Gasteiger partial charge in [0.25, 0.3) is 0 Å². The Morgan fingerprint density at radius 3 is 2.29 bits per heavy atom.